The molecule has 1 aromatic rings. The molecule has 0 fully saturated rings. The van der Waals surface area contributed by atoms with Crippen LogP contribution in [0.1, 0.15) is 16.2 Å². The molecule has 1 rings (SSSR count). The van der Waals surface area contributed by atoms with Gasteiger partial charge in [0.25, 0.3) is 0 Å². The summed E-state index contributed by atoms with van der Waals surface area (Å²) in [5.41, 5.74) is 0.787. The monoisotopic (exact) mass is 213 g/mol. The molecule has 0 unspecified atom stereocenters. The fourth-order valence-corrected chi connectivity index (χ4v) is 1.56. The highest BCUT2D eigenvalue weighted by Gasteiger charge is 2.04. The lowest BCUT2D eigenvalue weighted by Gasteiger charge is -2.00. The summed E-state index contributed by atoms with van der Waals surface area (Å²) in [5.74, 6) is 0.250. The largest absolute Gasteiger partial charge is 0.477 e. The van der Waals surface area contributed by atoms with Crippen LogP contribution < -0.4 is 0 Å². The van der Waals surface area contributed by atoms with Gasteiger partial charge in [0.05, 0.1) is 12.3 Å². The summed E-state index contributed by atoms with van der Waals surface area (Å²) in [5, 5.41) is 17.2. The average Bonchev–Trinajstić information content (AvgIpc) is 2.19. The van der Waals surface area contributed by atoms with E-state index in [0.29, 0.717) is 11.5 Å². The number of carboxylic acid groups (broad SMARTS) is 1. The minimum Gasteiger partial charge on any atom is -0.477 e. The molecule has 0 aromatic carbocycles. The molecule has 0 amide bonds. The number of aliphatic hydroxyl groups excluding tert-OH is 1. The molecule has 4 nitrogen and oxygen atoms in total. The Bertz CT molecular complexity index is 317. The van der Waals surface area contributed by atoms with Crippen LogP contribution in [0.5, 0.6) is 0 Å². The molecule has 0 aliphatic carbocycles. The van der Waals surface area contributed by atoms with E-state index in [1.54, 1.807) is 12.1 Å². The summed E-state index contributed by atoms with van der Waals surface area (Å²) < 4.78 is 0. The molecule has 5 heteroatoms. The third-order valence-corrected chi connectivity index (χ3v) is 2.48. The topological polar surface area (TPSA) is 70.4 Å². The second-order valence-corrected chi connectivity index (χ2v) is 3.70. The number of pyridine rings is 1. The maximum atomic E-state index is 10.6. The lowest BCUT2D eigenvalue weighted by atomic mass is 10.3. The number of nitrogens with zero attached hydrogens (tertiary/aromatic N) is 1. The number of rotatable bonds is 5. The van der Waals surface area contributed by atoms with E-state index in [1.807, 2.05) is 0 Å². The number of aromatic nitrogens is 1. The fourth-order valence-electron chi connectivity index (χ4n) is 0.920. The molecular formula is C9H11NO3S. The second-order valence-electron chi connectivity index (χ2n) is 2.60. The van der Waals surface area contributed by atoms with E-state index < -0.39 is 5.97 Å². The molecular weight excluding hydrogens is 202 g/mol. The molecule has 0 saturated carbocycles. The van der Waals surface area contributed by atoms with Gasteiger partial charge in [-0.25, -0.2) is 9.78 Å². The van der Waals surface area contributed by atoms with Gasteiger partial charge < -0.3 is 10.2 Å². The third-order valence-electron chi connectivity index (χ3n) is 1.51. The van der Waals surface area contributed by atoms with Gasteiger partial charge in [0.15, 0.2) is 0 Å². The third kappa shape index (κ3) is 3.35. The summed E-state index contributed by atoms with van der Waals surface area (Å²) >= 11 is 1.52. The molecule has 14 heavy (non-hydrogen) atoms. The predicted molar refractivity (Wildman–Crippen MR) is 54.4 cm³/mol. The summed E-state index contributed by atoms with van der Waals surface area (Å²) in [7, 11) is 0. The molecule has 0 saturated heterocycles. The van der Waals surface area contributed by atoms with Crippen molar-refractivity contribution in [3.63, 3.8) is 0 Å². The van der Waals surface area contributed by atoms with Gasteiger partial charge in [0.2, 0.25) is 0 Å². The molecule has 0 radical (unpaired) electrons. The zero-order chi connectivity index (χ0) is 10.4. The van der Waals surface area contributed by atoms with Crippen molar-refractivity contribution in [2.75, 3.05) is 12.4 Å². The summed E-state index contributed by atoms with van der Waals surface area (Å²) in [4.78, 5) is 14.5. The fraction of sp³-hybridized carbons (Fsp3) is 0.333. The van der Waals surface area contributed by atoms with Gasteiger partial charge in [-0.15, -0.1) is 0 Å². The van der Waals surface area contributed by atoms with Gasteiger partial charge in [-0.05, 0) is 12.1 Å². The molecule has 1 heterocycles. The van der Waals surface area contributed by atoms with Crippen molar-refractivity contribution in [2.24, 2.45) is 0 Å². The first-order valence-electron chi connectivity index (χ1n) is 4.12. The molecule has 2 N–H and O–H groups in total. The van der Waals surface area contributed by atoms with E-state index in [9.17, 15) is 4.79 Å². The first-order chi connectivity index (χ1) is 6.74. The van der Waals surface area contributed by atoms with Crippen molar-refractivity contribution in [3.05, 3.63) is 29.6 Å². The SMILES string of the molecule is O=C(O)c1cccc(CSCCO)n1. The standard InChI is InChI=1S/C9H11NO3S/c11-4-5-14-6-7-2-1-3-8(10-7)9(12)13/h1-3,11H,4-6H2,(H,12,13). The highest BCUT2D eigenvalue weighted by molar-refractivity contribution is 7.98. The van der Waals surface area contributed by atoms with E-state index in [4.69, 9.17) is 10.2 Å². The molecule has 0 atom stereocenters. The van der Waals surface area contributed by atoms with Gasteiger partial charge in [-0.3, -0.25) is 0 Å². The Morgan fingerprint density at radius 2 is 2.29 bits per heavy atom. The number of aliphatic hydroxyl groups is 1. The van der Waals surface area contributed by atoms with Crippen LogP contribution in [0.15, 0.2) is 18.2 Å². The normalized spacial score (nSPS) is 10.1. The quantitative estimate of drug-likeness (QED) is 0.714. The van der Waals surface area contributed by atoms with E-state index in [1.165, 1.54) is 17.8 Å². The first-order valence-corrected chi connectivity index (χ1v) is 5.27. The number of hydrogen-bond donors (Lipinski definition) is 2. The Morgan fingerprint density at radius 3 is 2.93 bits per heavy atom. The van der Waals surface area contributed by atoms with Crippen LogP contribution in [0.2, 0.25) is 0 Å². The first kappa shape index (κ1) is 11.0. The maximum absolute atomic E-state index is 10.6. The summed E-state index contributed by atoms with van der Waals surface area (Å²) in [6, 6.07) is 4.91. The van der Waals surface area contributed by atoms with Crippen LogP contribution in [0.25, 0.3) is 0 Å². The van der Waals surface area contributed by atoms with Crippen molar-refractivity contribution in [1.82, 2.24) is 4.98 Å². The smallest absolute Gasteiger partial charge is 0.354 e. The average molecular weight is 213 g/mol. The lowest BCUT2D eigenvalue weighted by Crippen LogP contribution is -2.02. The number of aromatic carboxylic acids is 1. The summed E-state index contributed by atoms with van der Waals surface area (Å²) in [6.45, 7) is 0.128. The van der Waals surface area contributed by atoms with E-state index in [-0.39, 0.29) is 12.3 Å². The van der Waals surface area contributed by atoms with Crippen LogP contribution in [-0.4, -0.2) is 33.5 Å². The number of carboxylic acids is 1. The van der Waals surface area contributed by atoms with Crippen LogP contribution in [0, 0.1) is 0 Å². The van der Waals surface area contributed by atoms with Crippen molar-refractivity contribution in [1.29, 1.82) is 0 Å². The number of hydrogen-bond acceptors (Lipinski definition) is 4. The highest BCUT2D eigenvalue weighted by atomic mass is 32.2. The van der Waals surface area contributed by atoms with Gasteiger partial charge in [-0.1, -0.05) is 6.07 Å². The zero-order valence-corrected chi connectivity index (χ0v) is 8.33. The van der Waals surface area contributed by atoms with Crippen LogP contribution in [0.3, 0.4) is 0 Å². The maximum Gasteiger partial charge on any atom is 0.354 e. The molecule has 0 aliphatic rings. The highest BCUT2D eigenvalue weighted by Crippen LogP contribution is 2.09. The van der Waals surface area contributed by atoms with Crippen LogP contribution >= 0.6 is 11.8 Å². The van der Waals surface area contributed by atoms with Gasteiger partial charge >= 0.3 is 5.97 Å². The molecule has 1 aromatic heterocycles. The minimum atomic E-state index is -1.01. The molecule has 0 aliphatic heterocycles. The van der Waals surface area contributed by atoms with Crippen molar-refractivity contribution < 1.29 is 15.0 Å². The van der Waals surface area contributed by atoms with Gasteiger partial charge in [0, 0.05) is 11.5 Å². The van der Waals surface area contributed by atoms with Crippen LogP contribution in [0.4, 0.5) is 0 Å². The minimum absolute atomic E-state index is 0.0621. The van der Waals surface area contributed by atoms with E-state index >= 15 is 0 Å². The van der Waals surface area contributed by atoms with E-state index in [2.05, 4.69) is 4.98 Å². The molecule has 0 spiro atoms. The van der Waals surface area contributed by atoms with Gasteiger partial charge in [0.1, 0.15) is 5.69 Å². The van der Waals surface area contributed by atoms with Crippen molar-refractivity contribution in [2.45, 2.75) is 5.75 Å². The Hall–Kier alpha value is -1.07. The molecule has 76 valence electrons. The Morgan fingerprint density at radius 1 is 1.50 bits per heavy atom. The number of carbonyl (C=O) groups is 1. The van der Waals surface area contributed by atoms with Crippen molar-refractivity contribution >= 4 is 17.7 Å². The van der Waals surface area contributed by atoms with Crippen molar-refractivity contribution in [3.8, 4) is 0 Å². The predicted octanol–water partition coefficient (Wildman–Crippen LogP) is 1.01. The van der Waals surface area contributed by atoms with Crippen LogP contribution in [-0.2, 0) is 5.75 Å². The Labute approximate surface area is 86.0 Å². The Kier molecular flexibility index (Phi) is 4.42. The second kappa shape index (κ2) is 5.62. The lowest BCUT2D eigenvalue weighted by molar-refractivity contribution is 0.0690. The van der Waals surface area contributed by atoms with Gasteiger partial charge in [-0.2, -0.15) is 11.8 Å². The van der Waals surface area contributed by atoms with E-state index in [0.717, 1.165) is 5.69 Å². The summed E-state index contributed by atoms with van der Waals surface area (Å²) in [6.07, 6.45) is 0. The zero-order valence-electron chi connectivity index (χ0n) is 7.51. The number of thioether (sulfide) groups is 1. The Balaban J connectivity index is 2.59. The molecule has 0 bridgehead atoms.